The van der Waals surface area contributed by atoms with E-state index in [-0.39, 0.29) is 35.1 Å². The van der Waals surface area contributed by atoms with Gasteiger partial charge in [0, 0.05) is 12.8 Å². The number of ether oxygens (including phenoxy) is 1. The van der Waals surface area contributed by atoms with Gasteiger partial charge in [0.25, 0.3) is 5.91 Å². The van der Waals surface area contributed by atoms with E-state index in [1.807, 2.05) is 6.92 Å². The third-order valence-corrected chi connectivity index (χ3v) is 6.00. The van der Waals surface area contributed by atoms with Gasteiger partial charge in [-0.25, -0.2) is 19.0 Å². The summed E-state index contributed by atoms with van der Waals surface area (Å²) in [5, 5.41) is 8.94. The molecule has 1 amide bonds. The summed E-state index contributed by atoms with van der Waals surface area (Å²) in [5.41, 5.74) is 6.01. The van der Waals surface area contributed by atoms with Crippen LogP contribution in [0.4, 0.5) is 8.78 Å². The lowest BCUT2D eigenvalue weighted by molar-refractivity contribution is 0.0260. The van der Waals surface area contributed by atoms with Crippen LogP contribution in [0.5, 0.6) is 0 Å². The molecule has 1 saturated carbocycles. The first-order valence-electron chi connectivity index (χ1n) is 11.3. The van der Waals surface area contributed by atoms with Gasteiger partial charge >= 0.3 is 0 Å². The predicted molar refractivity (Wildman–Crippen MR) is 119 cm³/mol. The van der Waals surface area contributed by atoms with Crippen molar-refractivity contribution < 1.29 is 22.7 Å². The maximum Gasteiger partial charge on any atom is 0.270 e. The van der Waals surface area contributed by atoms with Gasteiger partial charge in [-0.3, -0.25) is 9.48 Å². The van der Waals surface area contributed by atoms with Crippen molar-refractivity contribution in [1.29, 1.82) is 0 Å². The summed E-state index contributed by atoms with van der Waals surface area (Å²) in [6, 6.07) is 2.03. The molecule has 2 N–H and O–H groups in total. The van der Waals surface area contributed by atoms with E-state index in [0.717, 1.165) is 44.1 Å². The first-order chi connectivity index (χ1) is 16.9. The Kier molecular flexibility index (Phi) is 6.12. The topological polar surface area (TPSA) is 127 Å². The van der Waals surface area contributed by atoms with E-state index in [9.17, 15) is 13.6 Å². The van der Waals surface area contributed by atoms with Crippen molar-refractivity contribution in [3.8, 4) is 28.5 Å². The molecule has 1 aliphatic carbocycles. The number of carbonyl (C=O) groups is 1. The number of primary amides is 1. The second-order valence-corrected chi connectivity index (χ2v) is 8.27. The fourth-order valence-corrected chi connectivity index (χ4v) is 4.29. The number of rotatable bonds is 7. The summed E-state index contributed by atoms with van der Waals surface area (Å²) >= 11 is 0. The number of hydrogen-bond donors (Lipinski definition) is 1. The molecule has 10 nitrogen and oxygen atoms in total. The quantitative estimate of drug-likeness (QED) is 0.397. The molecule has 0 aromatic carbocycles. The lowest BCUT2D eigenvalue weighted by Gasteiger charge is -2.28. The Bertz CT molecular complexity index is 1350. The number of pyridine rings is 1. The summed E-state index contributed by atoms with van der Waals surface area (Å²) < 4.78 is 42.9. The monoisotopic (exact) mass is 483 g/mol. The highest BCUT2D eigenvalue weighted by atomic mass is 19.1. The van der Waals surface area contributed by atoms with Crippen molar-refractivity contribution in [2.24, 2.45) is 5.73 Å². The Balaban J connectivity index is 1.53. The minimum atomic E-state index is -0.820. The molecule has 1 fully saturated rings. The molecule has 0 saturated heterocycles. The average Bonchev–Trinajstić information content (AvgIpc) is 3.60. The SMILES string of the molecule is CCOC1CCC(n2cc(-n3cc(-c4nc(C(N)=O)co4)cn3)c(-c3nc(F)ccc3F)n2)CC1. The van der Waals surface area contributed by atoms with E-state index in [0.29, 0.717) is 17.9 Å². The van der Waals surface area contributed by atoms with Crippen LogP contribution in [-0.2, 0) is 4.74 Å². The van der Waals surface area contributed by atoms with Gasteiger partial charge in [-0.05, 0) is 44.7 Å². The van der Waals surface area contributed by atoms with Gasteiger partial charge in [-0.1, -0.05) is 0 Å². The zero-order valence-corrected chi connectivity index (χ0v) is 18.9. The van der Waals surface area contributed by atoms with Crippen molar-refractivity contribution in [3.63, 3.8) is 0 Å². The molecule has 5 rings (SSSR count). The Morgan fingerprint density at radius 1 is 1.17 bits per heavy atom. The Morgan fingerprint density at radius 3 is 2.69 bits per heavy atom. The lowest BCUT2D eigenvalue weighted by atomic mass is 9.93. The number of nitrogens with zero attached hydrogens (tertiary/aromatic N) is 6. The highest BCUT2D eigenvalue weighted by Gasteiger charge is 2.27. The number of amides is 1. The van der Waals surface area contributed by atoms with Crippen LogP contribution in [0.1, 0.15) is 49.1 Å². The predicted octanol–water partition coefficient (Wildman–Crippen LogP) is 3.68. The zero-order valence-electron chi connectivity index (χ0n) is 18.9. The smallest absolute Gasteiger partial charge is 0.270 e. The molecule has 0 spiro atoms. The molecule has 0 unspecified atom stereocenters. The zero-order chi connectivity index (χ0) is 24.5. The van der Waals surface area contributed by atoms with Crippen LogP contribution < -0.4 is 5.73 Å². The minimum absolute atomic E-state index is 0.0186. The van der Waals surface area contributed by atoms with Crippen LogP contribution in [0, 0.1) is 11.8 Å². The van der Waals surface area contributed by atoms with Gasteiger partial charge in [0.2, 0.25) is 11.8 Å². The molecule has 1 aliphatic rings. The average molecular weight is 483 g/mol. The normalized spacial score (nSPS) is 18.1. The standard InChI is InChI=1S/C23H23F2N7O3/c1-2-34-15-5-3-14(4-6-15)31-11-18(21(30-31)20-16(24)7-8-19(25)29-20)32-10-13(9-27-32)23-28-17(12-35-23)22(26)33/h7-12,14-15H,2-6H2,1H3,(H2,26,33). The van der Waals surface area contributed by atoms with Gasteiger partial charge < -0.3 is 14.9 Å². The first kappa shape index (κ1) is 22.8. The third-order valence-electron chi connectivity index (χ3n) is 6.00. The Labute approximate surface area is 198 Å². The summed E-state index contributed by atoms with van der Waals surface area (Å²) in [4.78, 5) is 19.1. The van der Waals surface area contributed by atoms with Crippen LogP contribution >= 0.6 is 0 Å². The summed E-state index contributed by atoms with van der Waals surface area (Å²) in [7, 11) is 0. The van der Waals surface area contributed by atoms with Gasteiger partial charge in [0.1, 0.15) is 23.3 Å². The van der Waals surface area contributed by atoms with Crippen LogP contribution in [0.15, 0.2) is 41.4 Å². The molecule has 182 valence electrons. The number of halogens is 2. The van der Waals surface area contributed by atoms with Crippen molar-refractivity contribution >= 4 is 5.91 Å². The maximum absolute atomic E-state index is 14.7. The minimum Gasteiger partial charge on any atom is -0.444 e. The molecule has 0 radical (unpaired) electrons. The van der Waals surface area contributed by atoms with E-state index in [4.69, 9.17) is 14.9 Å². The molecule has 0 atom stereocenters. The van der Waals surface area contributed by atoms with Crippen LogP contribution in [0.3, 0.4) is 0 Å². The van der Waals surface area contributed by atoms with Crippen molar-refractivity contribution in [2.75, 3.05) is 6.61 Å². The molecule has 12 heteroatoms. The van der Waals surface area contributed by atoms with Crippen molar-refractivity contribution in [3.05, 3.63) is 54.4 Å². The second-order valence-electron chi connectivity index (χ2n) is 8.27. The highest BCUT2D eigenvalue weighted by molar-refractivity contribution is 5.90. The van der Waals surface area contributed by atoms with Crippen molar-refractivity contribution in [1.82, 2.24) is 29.5 Å². The van der Waals surface area contributed by atoms with E-state index in [2.05, 4.69) is 20.2 Å². The number of hydrogen-bond acceptors (Lipinski definition) is 7. The summed E-state index contributed by atoms with van der Waals surface area (Å²) in [6.45, 7) is 2.65. The first-order valence-corrected chi connectivity index (χ1v) is 11.3. The number of nitrogens with two attached hydrogens (primary N) is 1. The van der Waals surface area contributed by atoms with Gasteiger partial charge in [-0.15, -0.1) is 0 Å². The molecular weight excluding hydrogens is 460 g/mol. The van der Waals surface area contributed by atoms with Gasteiger partial charge in [-0.2, -0.15) is 14.6 Å². The lowest BCUT2D eigenvalue weighted by Crippen LogP contribution is -2.24. The van der Waals surface area contributed by atoms with Crippen LogP contribution in [0.25, 0.3) is 28.5 Å². The van der Waals surface area contributed by atoms with Gasteiger partial charge in [0.15, 0.2) is 11.5 Å². The molecule has 35 heavy (non-hydrogen) atoms. The molecule has 4 heterocycles. The van der Waals surface area contributed by atoms with E-state index < -0.39 is 17.7 Å². The largest absolute Gasteiger partial charge is 0.444 e. The second kappa shape index (κ2) is 9.37. The third kappa shape index (κ3) is 4.56. The molecule has 0 bridgehead atoms. The Hall–Kier alpha value is -3.93. The fraction of sp³-hybridized carbons (Fsp3) is 0.348. The Morgan fingerprint density at radius 2 is 1.97 bits per heavy atom. The number of oxazole rings is 1. The van der Waals surface area contributed by atoms with E-state index >= 15 is 0 Å². The van der Waals surface area contributed by atoms with Crippen molar-refractivity contribution in [2.45, 2.75) is 44.8 Å². The molecule has 0 aliphatic heterocycles. The van der Waals surface area contributed by atoms with Crippen LogP contribution in [0.2, 0.25) is 0 Å². The van der Waals surface area contributed by atoms with E-state index in [1.165, 1.54) is 10.9 Å². The van der Waals surface area contributed by atoms with Crippen LogP contribution in [-0.4, -0.2) is 48.1 Å². The number of carbonyl (C=O) groups excluding carboxylic acids is 1. The summed E-state index contributed by atoms with van der Waals surface area (Å²) in [5.74, 6) is -2.10. The maximum atomic E-state index is 14.7. The fourth-order valence-electron chi connectivity index (χ4n) is 4.29. The summed E-state index contributed by atoms with van der Waals surface area (Å²) in [6.07, 6.45) is 9.61. The molecule has 4 aromatic heterocycles. The molecule has 4 aromatic rings. The van der Waals surface area contributed by atoms with Gasteiger partial charge in [0.05, 0.1) is 30.1 Å². The van der Waals surface area contributed by atoms with E-state index in [1.54, 1.807) is 17.1 Å². The highest BCUT2D eigenvalue weighted by Crippen LogP contribution is 2.34. The molecular formula is C23H23F2N7O3. The number of aromatic nitrogens is 6.